The van der Waals surface area contributed by atoms with E-state index in [4.69, 9.17) is 14.5 Å². The number of rotatable bonds is 6. The standard InChI is InChI=1S/C24H28N4O3.HI/c1-2-25-23(26-13-16-11-22(29)28-19-6-4-3-5-18(16)19)27-14-24(9-10-24)17-7-8-20-21(12-17)31-15-30-20;/h3-8,12,16H,2,9-11,13-15H2,1H3,(H,28,29)(H2,25,26,27);1H. The van der Waals surface area contributed by atoms with Crippen LogP contribution < -0.4 is 25.4 Å². The number of anilines is 1. The summed E-state index contributed by atoms with van der Waals surface area (Å²) >= 11 is 0. The molecule has 1 saturated carbocycles. The molecule has 0 aromatic heterocycles. The third-order valence-corrected chi connectivity index (χ3v) is 6.34. The van der Waals surface area contributed by atoms with E-state index in [1.165, 1.54) is 11.1 Å². The number of halogens is 1. The Kier molecular flexibility index (Phi) is 6.78. The lowest BCUT2D eigenvalue weighted by Crippen LogP contribution is -2.41. The Morgan fingerprint density at radius 3 is 2.78 bits per heavy atom. The number of nitrogens with zero attached hydrogens (tertiary/aromatic N) is 1. The fourth-order valence-electron chi connectivity index (χ4n) is 4.39. The maximum atomic E-state index is 12.1. The van der Waals surface area contributed by atoms with Gasteiger partial charge in [-0.2, -0.15) is 0 Å². The van der Waals surface area contributed by atoms with Crippen LogP contribution in [0, 0.1) is 0 Å². The van der Waals surface area contributed by atoms with Gasteiger partial charge in [0, 0.05) is 36.5 Å². The molecule has 5 rings (SSSR count). The molecule has 2 aromatic carbocycles. The van der Waals surface area contributed by atoms with Crippen molar-refractivity contribution in [2.45, 2.75) is 37.5 Å². The molecule has 2 aromatic rings. The van der Waals surface area contributed by atoms with Gasteiger partial charge in [-0.25, -0.2) is 0 Å². The van der Waals surface area contributed by atoms with Crippen molar-refractivity contribution in [3.05, 3.63) is 53.6 Å². The zero-order chi connectivity index (χ0) is 21.3. The highest BCUT2D eigenvalue weighted by molar-refractivity contribution is 14.0. The minimum atomic E-state index is 0. The first-order valence-corrected chi connectivity index (χ1v) is 11.0. The summed E-state index contributed by atoms with van der Waals surface area (Å²) in [6.45, 7) is 4.51. The van der Waals surface area contributed by atoms with Crippen molar-refractivity contribution in [3.8, 4) is 11.5 Å². The molecule has 7 nitrogen and oxygen atoms in total. The van der Waals surface area contributed by atoms with Gasteiger partial charge in [0.05, 0.1) is 6.54 Å². The highest BCUT2D eigenvalue weighted by atomic mass is 127. The number of carbonyl (C=O) groups excluding carboxylic acids is 1. The van der Waals surface area contributed by atoms with Crippen LogP contribution in [0.3, 0.4) is 0 Å². The van der Waals surface area contributed by atoms with Crippen molar-refractivity contribution < 1.29 is 14.3 Å². The van der Waals surface area contributed by atoms with Crippen molar-refractivity contribution in [1.82, 2.24) is 10.6 Å². The molecule has 0 bridgehead atoms. The molecule has 2 heterocycles. The van der Waals surface area contributed by atoms with Gasteiger partial charge in [-0.15, -0.1) is 24.0 Å². The van der Waals surface area contributed by atoms with Crippen molar-refractivity contribution in [3.63, 3.8) is 0 Å². The van der Waals surface area contributed by atoms with E-state index in [9.17, 15) is 4.79 Å². The van der Waals surface area contributed by atoms with Gasteiger partial charge in [0.2, 0.25) is 12.7 Å². The first-order valence-electron chi connectivity index (χ1n) is 11.0. The summed E-state index contributed by atoms with van der Waals surface area (Å²) in [6, 6.07) is 14.2. The van der Waals surface area contributed by atoms with Crippen molar-refractivity contribution >= 4 is 41.5 Å². The first kappa shape index (κ1) is 22.7. The number of carbonyl (C=O) groups is 1. The van der Waals surface area contributed by atoms with Gasteiger partial charge in [0.1, 0.15) is 0 Å². The quantitative estimate of drug-likeness (QED) is 0.291. The second-order valence-corrected chi connectivity index (χ2v) is 8.46. The van der Waals surface area contributed by atoms with Crippen LogP contribution in [0.4, 0.5) is 5.69 Å². The summed E-state index contributed by atoms with van der Waals surface area (Å²) in [7, 11) is 0. The van der Waals surface area contributed by atoms with E-state index in [-0.39, 0.29) is 41.2 Å². The number of hydrogen-bond acceptors (Lipinski definition) is 4. The SMILES string of the molecule is CCNC(=NCC1(c2ccc3c(c2)OCO3)CC1)NCC1CC(=O)Nc2ccccc21.I. The van der Waals surface area contributed by atoms with E-state index in [1.807, 2.05) is 24.3 Å². The molecule has 1 unspecified atom stereocenters. The van der Waals surface area contributed by atoms with E-state index < -0.39 is 0 Å². The molecule has 0 spiro atoms. The maximum Gasteiger partial charge on any atom is 0.231 e. The second-order valence-electron chi connectivity index (χ2n) is 8.46. The summed E-state index contributed by atoms with van der Waals surface area (Å²) in [5.41, 5.74) is 3.41. The van der Waals surface area contributed by atoms with Crippen molar-refractivity contribution in [2.75, 3.05) is 31.7 Å². The molecule has 1 amide bonds. The van der Waals surface area contributed by atoms with Crippen LogP contribution in [0.25, 0.3) is 0 Å². The molecule has 1 atom stereocenters. The molecule has 0 radical (unpaired) electrons. The van der Waals surface area contributed by atoms with Gasteiger partial charge in [0.25, 0.3) is 0 Å². The topological polar surface area (TPSA) is 84.0 Å². The van der Waals surface area contributed by atoms with Crippen LogP contribution in [0.5, 0.6) is 11.5 Å². The third kappa shape index (κ3) is 4.65. The zero-order valence-corrected chi connectivity index (χ0v) is 20.5. The van der Waals surface area contributed by atoms with Crippen LogP contribution in [0.2, 0.25) is 0 Å². The third-order valence-electron chi connectivity index (χ3n) is 6.34. The number of hydrogen-bond donors (Lipinski definition) is 3. The summed E-state index contributed by atoms with van der Waals surface area (Å²) < 4.78 is 11.0. The smallest absolute Gasteiger partial charge is 0.231 e. The molecule has 170 valence electrons. The highest BCUT2D eigenvalue weighted by Gasteiger charge is 2.44. The molecule has 3 N–H and O–H groups in total. The van der Waals surface area contributed by atoms with E-state index in [0.717, 1.165) is 42.5 Å². The predicted molar refractivity (Wildman–Crippen MR) is 135 cm³/mol. The van der Waals surface area contributed by atoms with E-state index >= 15 is 0 Å². The van der Waals surface area contributed by atoms with Gasteiger partial charge < -0.3 is 25.4 Å². The molecule has 0 saturated heterocycles. The fourth-order valence-corrected chi connectivity index (χ4v) is 4.39. The van der Waals surface area contributed by atoms with E-state index in [0.29, 0.717) is 26.3 Å². The Morgan fingerprint density at radius 1 is 1.16 bits per heavy atom. The molecule has 8 heteroatoms. The Morgan fingerprint density at radius 2 is 1.97 bits per heavy atom. The molecular formula is C24H29IN4O3. The highest BCUT2D eigenvalue weighted by Crippen LogP contribution is 2.50. The minimum Gasteiger partial charge on any atom is -0.454 e. The average Bonchev–Trinajstić information content (AvgIpc) is 3.43. The number of ether oxygens (including phenoxy) is 2. The lowest BCUT2D eigenvalue weighted by molar-refractivity contribution is -0.116. The van der Waals surface area contributed by atoms with Crippen LogP contribution in [-0.4, -0.2) is 38.3 Å². The first-order chi connectivity index (χ1) is 15.2. The lowest BCUT2D eigenvalue weighted by Gasteiger charge is -2.26. The largest absolute Gasteiger partial charge is 0.454 e. The number of nitrogens with one attached hydrogen (secondary N) is 3. The number of amides is 1. The van der Waals surface area contributed by atoms with Crippen LogP contribution in [0.15, 0.2) is 47.5 Å². The molecule has 2 aliphatic heterocycles. The number of aliphatic imine (C=N–C) groups is 1. The number of fused-ring (bicyclic) bond motifs is 2. The van der Waals surface area contributed by atoms with Crippen molar-refractivity contribution in [2.24, 2.45) is 4.99 Å². The summed E-state index contributed by atoms with van der Waals surface area (Å²) in [5, 5.41) is 9.76. The molecular weight excluding hydrogens is 519 g/mol. The average molecular weight is 548 g/mol. The fraction of sp³-hybridized carbons (Fsp3) is 0.417. The Balaban J connectivity index is 0.00000245. The van der Waals surface area contributed by atoms with Gasteiger partial charge in [-0.05, 0) is 49.1 Å². The lowest BCUT2D eigenvalue weighted by atomic mass is 9.90. The van der Waals surface area contributed by atoms with Crippen LogP contribution >= 0.6 is 24.0 Å². The predicted octanol–water partition coefficient (Wildman–Crippen LogP) is 3.75. The Bertz CT molecular complexity index is 1020. The van der Waals surface area contributed by atoms with Crippen molar-refractivity contribution in [1.29, 1.82) is 0 Å². The summed E-state index contributed by atoms with van der Waals surface area (Å²) in [4.78, 5) is 17.0. The van der Waals surface area contributed by atoms with E-state index in [1.54, 1.807) is 0 Å². The summed E-state index contributed by atoms with van der Waals surface area (Å²) in [6.07, 6.45) is 2.71. The molecule has 32 heavy (non-hydrogen) atoms. The Labute approximate surface area is 205 Å². The van der Waals surface area contributed by atoms with Gasteiger partial charge in [-0.1, -0.05) is 24.3 Å². The van der Waals surface area contributed by atoms with E-state index in [2.05, 4.69) is 41.1 Å². The van der Waals surface area contributed by atoms with Crippen LogP contribution in [-0.2, 0) is 10.2 Å². The zero-order valence-electron chi connectivity index (χ0n) is 18.1. The Hall–Kier alpha value is -2.49. The van der Waals surface area contributed by atoms with Gasteiger partial charge in [0.15, 0.2) is 17.5 Å². The monoisotopic (exact) mass is 548 g/mol. The number of benzene rings is 2. The maximum absolute atomic E-state index is 12.1. The molecule has 1 aliphatic carbocycles. The number of para-hydroxylation sites is 1. The normalized spacial score (nSPS) is 20.0. The summed E-state index contributed by atoms with van der Waals surface area (Å²) in [5.74, 6) is 2.62. The van der Waals surface area contributed by atoms with Gasteiger partial charge in [-0.3, -0.25) is 9.79 Å². The minimum absolute atomic E-state index is 0. The number of guanidine groups is 1. The molecule has 1 fully saturated rings. The van der Waals surface area contributed by atoms with Crippen LogP contribution in [0.1, 0.15) is 43.2 Å². The molecule has 3 aliphatic rings. The second kappa shape index (κ2) is 9.56. The van der Waals surface area contributed by atoms with Gasteiger partial charge >= 0.3 is 0 Å².